The molecule has 0 spiro atoms. The maximum absolute atomic E-state index is 13.4. The summed E-state index contributed by atoms with van der Waals surface area (Å²) >= 11 is 0. The maximum atomic E-state index is 13.4. The highest BCUT2D eigenvalue weighted by molar-refractivity contribution is 5.95. The molecule has 3 heterocycles. The summed E-state index contributed by atoms with van der Waals surface area (Å²) in [4.78, 5) is 23.5. The lowest BCUT2D eigenvalue weighted by Crippen LogP contribution is -2.39. The Labute approximate surface area is 168 Å². The Bertz CT molecular complexity index is 1040. The Morgan fingerprint density at radius 3 is 2.93 bits per heavy atom. The standard InChI is InChI=1S/C21H22FN5O2/c1-14-18(13-26(2)25-14)21(28)27-8-4-5-15(12-27)19-10-23-11-20(24-19)29-17-7-3-6-16(22)9-17/h3,6-7,9-11,13,15H,4-5,8,12H2,1-2H3. The van der Waals surface area contributed by atoms with Crippen LogP contribution in [0.15, 0.2) is 42.9 Å². The van der Waals surface area contributed by atoms with Gasteiger partial charge < -0.3 is 9.64 Å². The highest BCUT2D eigenvalue weighted by Gasteiger charge is 2.28. The molecule has 0 radical (unpaired) electrons. The Kier molecular flexibility index (Phi) is 5.24. The number of amides is 1. The van der Waals surface area contributed by atoms with Gasteiger partial charge in [0.2, 0.25) is 5.88 Å². The molecule has 2 aromatic heterocycles. The predicted molar refractivity (Wildman–Crippen MR) is 104 cm³/mol. The van der Waals surface area contributed by atoms with Crippen LogP contribution in [0.5, 0.6) is 11.6 Å². The minimum atomic E-state index is -0.376. The molecule has 8 heteroatoms. The van der Waals surface area contributed by atoms with Crippen LogP contribution in [0.4, 0.5) is 4.39 Å². The Morgan fingerprint density at radius 2 is 2.17 bits per heavy atom. The monoisotopic (exact) mass is 395 g/mol. The summed E-state index contributed by atoms with van der Waals surface area (Å²) in [5, 5.41) is 4.27. The van der Waals surface area contributed by atoms with Gasteiger partial charge in [0, 0.05) is 44.5 Å². The first kappa shape index (κ1) is 19.0. The summed E-state index contributed by atoms with van der Waals surface area (Å²) in [6, 6.07) is 5.89. The van der Waals surface area contributed by atoms with Crippen LogP contribution in [0, 0.1) is 12.7 Å². The molecule has 29 heavy (non-hydrogen) atoms. The quantitative estimate of drug-likeness (QED) is 0.676. The predicted octanol–water partition coefficient (Wildman–Crippen LogP) is 3.47. The van der Waals surface area contributed by atoms with Gasteiger partial charge in [-0.1, -0.05) is 6.07 Å². The van der Waals surface area contributed by atoms with Crippen LogP contribution in [-0.4, -0.2) is 43.6 Å². The highest BCUT2D eigenvalue weighted by Crippen LogP contribution is 2.28. The number of carbonyl (C=O) groups excluding carboxylic acids is 1. The van der Waals surface area contributed by atoms with Gasteiger partial charge in [0.25, 0.3) is 5.91 Å². The zero-order chi connectivity index (χ0) is 20.4. The van der Waals surface area contributed by atoms with Crippen LogP contribution < -0.4 is 4.74 Å². The number of ether oxygens (including phenoxy) is 1. The summed E-state index contributed by atoms with van der Waals surface area (Å²) < 4.78 is 20.7. The van der Waals surface area contributed by atoms with E-state index in [2.05, 4.69) is 15.1 Å². The van der Waals surface area contributed by atoms with Gasteiger partial charge in [-0.2, -0.15) is 5.10 Å². The van der Waals surface area contributed by atoms with E-state index in [-0.39, 0.29) is 17.6 Å². The molecule has 1 atom stereocenters. The summed E-state index contributed by atoms with van der Waals surface area (Å²) in [6.45, 7) is 3.11. The fourth-order valence-electron chi connectivity index (χ4n) is 3.64. The van der Waals surface area contributed by atoms with Crippen molar-refractivity contribution in [2.75, 3.05) is 13.1 Å². The van der Waals surface area contributed by atoms with Crippen molar-refractivity contribution in [2.45, 2.75) is 25.7 Å². The lowest BCUT2D eigenvalue weighted by molar-refractivity contribution is 0.0705. The van der Waals surface area contributed by atoms with E-state index < -0.39 is 0 Å². The molecule has 1 unspecified atom stereocenters. The molecule has 1 saturated heterocycles. The van der Waals surface area contributed by atoms with Crippen LogP contribution >= 0.6 is 0 Å². The minimum Gasteiger partial charge on any atom is -0.437 e. The number of hydrogen-bond donors (Lipinski definition) is 0. The van der Waals surface area contributed by atoms with Crippen molar-refractivity contribution in [3.8, 4) is 11.6 Å². The molecule has 3 aromatic rings. The number of piperidine rings is 1. The van der Waals surface area contributed by atoms with Crippen LogP contribution in [0.3, 0.4) is 0 Å². The van der Waals surface area contributed by atoms with Gasteiger partial charge in [0.1, 0.15) is 11.6 Å². The average molecular weight is 395 g/mol. The fraction of sp³-hybridized carbons (Fsp3) is 0.333. The largest absolute Gasteiger partial charge is 0.437 e. The fourth-order valence-corrected chi connectivity index (χ4v) is 3.64. The average Bonchev–Trinajstić information content (AvgIpc) is 3.06. The molecule has 0 aliphatic carbocycles. The number of halogens is 1. The van der Waals surface area contributed by atoms with Crippen molar-refractivity contribution in [1.29, 1.82) is 0 Å². The molecule has 1 fully saturated rings. The third-order valence-electron chi connectivity index (χ3n) is 5.02. The van der Waals surface area contributed by atoms with Gasteiger partial charge in [0.15, 0.2) is 0 Å². The molecule has 4 rings (SSSR count). The van der Waals surface area contributed by atoms with Crippen molar-refractivity contribution in [1.82, 2.24) is 24.6 Å². The number of likely N-dealkylation sites (tertiary alicyclic amines) is 1. The molecule has 150 valence electrons. The van der Waals surface area contributed by atoms with Crippen LogP contribution in [-0.2, 0) is 7.05 Å². The topological polar surface area (TPSA) is 73.1 Å². The van der Waals surface area contributed by atoms with Crippen LogP contribution in [0.1, 0.15) is 40.5 Å². The van der Waals surface area contributed by atoms with Crippen molar-refractivity contribution in [3.63, 3.8) is 0 Å². The molecule has 0 N–H and O–H groups in total. The molecule has 1 aromatic carbocycles. The zero-order valence-corrected chi connectivity index (χ0v) is 16.4. The summed E-state index contributed by atoms with van der Waals surface area (Å²) in [6.07, 6.45) is 6.75. The second-order valence-electron chi connectivity index (χ2n) is 7.23. The first-order valence-electron chi connectivity index (χ1n) is 9.54. The molecule has 7 nitrogen and oxygen atoms in total. The van der Waals surface area contributed by atoms with Gasteiger partial charge in [-0.15, -0.1) is 0 Å². The number of aryl methyl sites for hydroxylation is 2. The van der Waals surface area contributed by atoms with E-state index in [0.29, 0.717) is 30.3 Å². The number of carbonyl (C=O) groups is 1. The van der Waals surface area contributed by atoms with E-state index in [9.17, 15) is 9.18 Å². The number of hydrogen-bond acceptors (Lipinski definition) is 5. The summed E-state index contributed by atoms with van der Waals surface area (Å²) in [5.41, 5.74) is 2.12. The zero-order valence-electron chi connectivity index (χ0n) is 16.4. The molecule has 1 aliphatic rings. The molecule has 1 amide bonds. The summed E-state index contributed by atoms with van der Waals surface area (Å²) in [7, 11) is 1.81. The van der Waals surface area contributed by atoms with Crippen molar-refractivity contribution in [3.05, 3.63) is 65.6 Å². The van der Waals surface area contributed by atoms with Crippen molar-refractivity contribution in [2.24, 2.45) is 7.05 Å². The smallest absolute Gasteiger partial charge is 0.257 e. The number of benzene rings is 1. The highest BCUT2D eigenvalue weighted by atomic mass is 19.1. The SMILES string of the molecule is Cc1nn(C)cc1C(=O)N1CCCC(c2cncc(Oc3cccc(F)c3)n2)C1. The number of aromatic nitrogens is 4. The molecular formula is C21H22FN5O2. The number of nitrogens with zero attached hydrogens (tertiary/aromatic N) is 5. The van der Waals surface area contributed by atoms with E-state index in [1.165, 1.54) is 18.3 Å². The van der Waals surface area contributed by atoms with E-state index in [1.54, 1.807) is 29.2 Å². The number of rotatable bonds is 4. The molecule has 0 bridgehead atoms. The Morgan fingerprint density at radius 1 is 1.31 bits per heavy atom. The first-order valence-corrected chi connectivity index (χ1v) is 9.54. The van der Waals surface area contributed by atoms with E-state index in [0.717, 1.165) is 24.2 Å². The van der Waals surface area contributed by atoms with Crippen molar-refractivity contribution < 1.29 is 13.9 Å². The molecule has 0 saturated carbocycles. The second-order valence-corrected chi connectivity index (χ2v) is 7.23. The van der Waals surface area contributed by atoms with E-state index >= 15 is 0 Å². The van der Waals surface area contributed by atoms with Crippen molar-refractivity contribution >= 4 is 5.91 Å². The minimum absolute atomic E-state index is 0.0135. The van der Waals surface area contributed by atoms with Gasteiger partial charge in [0.05, 0.1) is 23.1 Å². The third kappa shape index (κ3) is 4.26. The second kappa shape index (κ2) is 7.98. The first-order chi connectivity index (χ1) is 14.0. The van der Waals surface area contributed by atoms with E-state index in [4.69, 9.17) is 4.74 Å². The van der Waals surface area contributed by atoms with Crippen LogP contribution in [0.25, 0.3) is 0 Å². The lowest BCUT2D eigenvalue weighted by atomic mass is 9.94. The Balaban J connectivity index is 1.49. The van der Waals surface area contributed by atoms with Gasteiger partial charge in [-0.05, 0) is 31.9 Å². The normalized spacial score (nSPS) is 16.7. The lowest BCUT2D eigenvalue weighted by Gasteiger charge is -2.32. The van der Waals surface area contributed by atoms with Gasteiger partial charge >= 0.3 is 0 Å². The van der Waals surface area contributed by atoms with E-state index in [1.807, 2.05) is 18.9 Å². The maximum Gasteiger partial charge on any atom is 0.257 e. The van der Waals surface area contributed by atoms with Gasteiger partial charge in [-0.25, -0.2) is 9.37 Å². The van der Waals surface area contributed by atoms with Gasteiger partial charge in [-0.3, -0.25) is 14.5 Å². The Hall–Kier alpha value is -3.29. The third-order valence-corrected chi connectivity index (χ3v) is 5.02. The van der Waals surface area contributed by atoms with Crippen LogP contribution in [0.2, 0.25) is 0 Å². The summed E-state index contributed by atoms with van der Waals surface area (Å²) in [5.74, 6) is 0.344. The molecule has 1 aliphatic heterocycles. The molecular weight excluding hydrogens is 373 g/mol.